The van der Waals surface area contributed by atoms with Crippen molar-refractivity contribution in [3.63, 3.8) is 0 Å². The van der Waals surface area contributed by atoms with Crippen LogP contribution in [0.3, 0.4) is 0 Å². The first kappa shape index (κ1) is 26.6. The summed E-state index contributed by atoms with van der Waals surface area (Å²) in [7, 11) is 0. The van der Waals surface area contributed by atoms with Gasteiger partial charge in [-0.2, -0.15) is 5.10 Å². The molecule has 0 aliphatic carbocycles. The van der Waals surface area contributed by atoms with Crippen LogP contribution in [-0.2, 0) is 4.79 Å². The van der Waals surface area contributed by atoms with E-state index in [9.17, 15) is 9.59 Å². The number of hydrogen-bond donors (Lipinski definition) is 2. The van der Waals surface area contributed by atoms with Crippen molar-refractivity contribution in [2.45, 2.75) is 44.6 Å². The molecule has 1 saturated heterocycles. The van der Waals surface area contributed by atoms with Gasteiger partial charge in [-0.3, -0.25) is 14.5 Å². The zero-order valence-electron chi connectivity index (χ0n) is 20.9. The smallest absolute Gasteiger partial charge is 0.257 e. The molecule has 2 aromatic carbocycles. The average Bonchev–Trinajstić information content (AvgIpc) is 3.40. The molecule has 2 amide bonds. The van der Waals surface area contributed by atoms with Gasteiger partial charge in [-0.05, 0) is 81.6 Å². The molecule has 0 unspecified atom stereocenters. The average molecular weight is 521 g/mol. The molecule has 0 radical (unpaired) electrons. The van der Waals surface area contributed by atoms with Gasteiger partial charge in [0, 0.05) is 22.7 Å². The second kappa shape index (κ2) is 13.8. The number of likely N-dealkylation sites (tertiary alicyclic amines) is 1. The number of unbranched alkanes of at least 4 members (excludes halogenated alkanes) is 1. The Morgan fingerprint density at radius 2 is 1.81 bits per heavy atom. The molecule has 1 aliphatic heterocycles. The summed E-state index contributed by atoms with van der Waals surface area (Å²) in [5.74, 6) is 1.03. The van der Waals surface area contributed by atoms with Crippen LogP contribution in [-0.4, -0.2) is 48.6 Å². The Hall–Kier alpha value is -3.42. The highest BCUT2D eigenvalue weighted by Gasteiger charge is 2.26. The monoisotopic (exact) mass is 520 g/mol. The summed E-state index contributed by atoms with van der Waals surface area (Å²) < 4.78 is 5.82. The van der Waals surface area contributed by atoms with E-state index in [1.807, 2.05) is 48.5 Å². The lowest BCUT2D eigenvalue weighted by molar-refractivity contribution is -0.127. The molecule has 37 heavy (non-hydrogen) atoms. The van der Waals surface area contributed by atoms with Gasteiger partial charge in [-0.1, -0.05) is 48.4 Å². The van der Waals surface area contributed by atoms with E-state index in [0.29, 0.717) is 35.1 Å². The van der Waals surface area contributed by atoms with E-state index in [2.05, 4.69) is 20.7 Å². The number of nitrogens with zero attached hydrogens (tertiary/aromatic N) is 2. The second-order valence-corrected chi connectivity index (χ2v) is 9.61. The molecular weight excluding hydrogens is 488 g/mol. The molecule has 1 aromatic heterocycles. The Kier molecular flexibility index (Phi) is 9.91. The summed E-state index contributed by atoms with van der Waals surface area (Å²) >= 11 is 6.07. The molecule has 1 fully saturated rings. The van der Waals surface area contributed by atoms with Gasteiger partial charge in [0.1, 0.15) is 11.5 Å². The van der Waals surface area contributed by atoms with Crippen LogP contribution in [0, 0.1) is 0 Å². The molecule has 2 N–H and O–H groups in total. The van der Waals surface area contributed by atoms with Crippen LogP contribution in [0.2, 0.25) is 5.02 Å². The van der Waals surface area contributed by atoms with E-state index in [-0.39, 0.29) is 17.9 Å². The largest absolute Gasteiger partial charge is 0.455 e. The highest BCUT2D eigenvalue weighted by Crippen LogP contribution is 2.24. The zero-order valence-corrected chi connectivity index (χ0v) is 21.6. The second-order valence-electron chi connectivity index (χ2n) is 9.18. The minimum Gasteiger partial charge on any atom is -0.455 e. The molecular formula is C29H33ClN4O3. The molecule has 194 valence electrons. The summed E-state index contributed by atoms with van der Waals surface area (Å²) in [5.41, 5.74) is 4.24. The molecule has 7 nitrogen and oxygen atoms in total. The first-order valence-electron chi connectivity index (χ1n) is 12.9. The molecule has 4 rings (SSSR count). The summed E-state index contributed by atoms with van der Waals surface area (Å²) in [4.78, 5) is 27.5. The predicted octanol–water partition coefficient (Wildman–Crippen LogP) is 5.50. The summed E-state index contributed by atoms with van der Waals surface area (Å²) in [6, 6.07) is 20.0. The first-order valence-corrected chi connectivity index (χ1v) is 13.2. The van der Waals surface area contributed by atoms with Gasteiger partial charge in [-0.25, -0.2) is 5.43 Å². The Bertz CT molecular complexity index is 1190. The summed E-state index contributed by atoms with van der Waals surface area (Å²) in [6.45, 7) is 2.40. The van der Waals surface area contributed by atoms with Gasteiger partial charge >= 0.3 is 0 Å². The van der Waals surface area contributed by atoms with Crippen molar-refractivity contribution >= 4 is 29.6 Å². The standard InChI is InChI=1S/C29H33ClN4O3/c30-24-13-9-12-23(20-24)27-16-15-25(37-27)21-32-33-29(36)26(34-18-7-2-8-19-34)14-5-6-17-31-28(35)22-10-3-1-4-11-22/h1,3-4,9-13,15-16,20-21,26H,2,5-8,14,17-19H2,(H,31,35)(H,33,36)/b32-21+/t26-/m1/s1. The topological polar surface area (TPSA) is 86.9 Å². The highest BCUT2D eigenvalue weighted by molar-refractivity contribution is 6.30. The van der Waals surface area contributed by atoms with Crippen molar-refractivity contribution in [2.75, 3.05) is 19.6 Å². The lowest BCUT2D eigenvalue weighted by Crippen LogP contribution is -2.47. The van der Waals surface area contributed by atoms with Crippen molar-refractivity contribution in [2.24, 2.45) is 5.10 Å². The van der Waals surface area contributed by atoms with Crippen molar-refractivity contribution in [3.05, 3.63) is 83.1 Å². The minimum atomic E-state index is -0.249. The Morgan fingerprint density at radius 3 is 2.59 bits per heavy atom. The number of amides is 2. The third-order valence-corrected chi connectivity index (χ3v) is 6.70. The quantitative estimate of drug-likeness (QED) is 0.198. The number of nitrogens with one attached hydrogen (secondary N) is 2. The van der Waals surface area contributed by atoms with Crippen molar-refractivity contribution in [3.8, 4) is 11.3 Å². The number of benzene rings is 2. The number of hydrogen-bond acceptors (Lipinski definition) is 5. The fourth-order valence-electron chi connectivity index (χ4n) is 4.52. The third-order valence-electron chi connectivity index (χ3n) is 6.46. The number of furan rings is 1. The molecule has 1 aliphatic rings. The Morgan fingerprint density at radius 1 is 1.00 bits per heavy atom. The van der Waals surface area contributed by atoms with Crippen LogP contribution in [0.1, 0.15) is 54.6 Å². The number of rotatable bonds is 11. The third kappa shape index (κ3) is 8.03. The van der Waals surface area contributed by atoms with Gasteiger partial charge in [0.15, 0.2) is 0 Å². The maximum Gasteiger partial charge on any atom is 0.257 e. The van der Waals surface area contributed by atoms with Gasteiger partial charge in [0.05, 0.1) is 12.3 Å². The van der Waals surface area contributed by atoms with Crippen LogP contribution < -0.4 is 10.7 Å². The van der Waals surface area contributed by atoms with Gasteiger partial charge in [0.25, 0.3) is 11.8 Å². The molecule has 0 bridgehead atoms. The molecule has 1 atom stereocenters. The Labute approximate surface area is 222 Å². The number of piperidine rings is 1. The predicted molar refractivity (Wildman–Crippen MR) is 147 cm³/mol. The van der Waals surface area contributed by atoms with Crippen molar-refractivity contribution < 1.29 is 14.0 Å². The van der Waals surface area contributed by atoms with E-state index < -0.39 is 0 Å². The maximum atomic E-state index is 13.1. The molecule has 2 heterocycles. The molecule has 8 heteroatoms. The van der Waals surface area contributed by atoms with Crippen molar-refractivity contribution in [1.29, 1.82) is 0 Å². The van der Waals surface area contributed by atoms with Crippen LogP contribution in [0.15, 0.2) is 76.2 Å². The maximum absolute atomic E-state index is 13.1. The van der Waals surface area contributed by atoms with Crippen LogP contribution in [0.25, 0.3) is 11.3 Å². The summed E-state index contributed by atoms with van der Waals surface area (Å²) in [6.07, 6.45) is 7.24. The SMILES string of the molecule is O=C(NCCCC[C@H](C(=O)N/N=C/c1ccc(-c2cccc(Cl)c2)o1)N1CCCCC1)c1ccccc1. The van der Waals surface area contributed by atoms with Gasteiger partial charge in [-0.15, -0.1) is 0 Å². The van der Waals surface area contributed by atoms with Crippen LogP contribution >= 0.6 is 11.6 Å². The van der Waals surface area contributed by atoms with E-state index in [1.54, 1.807) is 18.2 Å². The van der Waals surface area contributed by atoms with Gasteiger partial charge < -0.3 is 9.73 Å². The van der Waals surface area contributed by atoms with Crippen LogP contribution in [0.5, 0.6) is 0 Å². The number of halogens is 1. The molecule has 0 spiro atoms. The minimum absolute atomic E-state index is 0.0725. The van der Waals surface area contributed by atoms with E-state index >= 15 is 0 Å². The first-order chi connectivity index (χ1) is 18.1. The number of carbonyl (C=O) groups is 2. The lowest BCUT2D eigenvalue weighted by Gasteiger charge is -2.33. The molecule has 0 saturated carbocycles. The van der Waals surface area contributed by atoms with E-state index in [0.717, 1.165) is 44.3 Å². The normalized spacial score (nSPS) is 14.9. The number of carbonyl (C=O) groups excluding carboxylic acids is 2. The van der Waals surface area contributed by atoms with E-state index in [1.165, 1.54) is 12.6 Å². The highest BCUT2D eigenvalue weighted by atomic mass is 35.5. The fraction of sp³-hybridized carbons (Fsp3) is 0.345. The lowest BCUT2D eigenvalue weighted by atomic mass is 10.0. The Balaban J connectivity index is 1.27. The number of hydrazone groups is 1. The van der Waals surface area contributed by atoms with Crippen LogP contribution in [0.4, 0.5) is 0 Å². The summed E-state index contributed by atoms with van der Waals surface area (Å²) in [5, 5.41) is 7.75. The van der Waals surface area contributed by atoms with E-state index in [4.69, 9.17) is 16.0 Å². The van der Waals surface area contributed by atoms with Crippen molar-refractivity contribution in [1.82, 2.24) is 15.6 Å². The fourth-order valence-corrected chi connectivity index (χ4v) is 4.71. The van der Waals surface area contributed by atoms with Gasteiger partial charge in [0.2, 0.25) is 0 Å². The zero-order chi connectivity index (χ0) is 25.9. The molecule has 3 aromatic rings.